The van der Waals surface area contributed by atoms with Crippen LogP contribution in [-0.2, 0) is 28.7 Å². The van der Waals surface area contributed by atoms with E-state index in [0.717, 1.165) is 44.9 Å². The normalized spacial score (nSPS) is 38.7. The molecule has 0 bridgehead atoms. The molecule has 0 heterocycles. The smallest absolute Gasteiger partial charge is 0.309 e. The fraction of sp³-hybridized carbons (Fsp3) is 0.800. The van der Waals surface area contributed by atoms with Crippen LogP contribution in [0, 0.1) is 40.4 Å². The highest BCUT2D eigenvalue weighted by atomic mass is 16.6. The lowest BCUT2D eigenvalue weighted by Gasteiger charge is -2.59. The lowest BCUT2D eigenvalue weighted by atomic mass is 9.47. The van der Waals surface area contributed by atoms with E-state index >= 15 is 0 Å². The molecule has 1 N–H and O–H groups in total. The number of ether oxygens (including phenoxy) is 2. The van der Waals surface area contributed by atoms with Crippen LogP contribution in [0.3, 0.4) is 0 Å². The molecule has 37 heavy (non-hydrogen) atoms. The number of allylic oxidation sites excluding steroid dienone is 1. The van der Waals surface area contributed by atoms with Crippen molar-refractivity contribution in [3.05, 3.63) is 11.6 Å². The molecule has 206 valence electrons. The lowest BCUT2D eigenvalue weighted by Crippen LogP contribution is -2.62. The molecule has 0 aromatic rings. The first-order chi connectivity index (χ1) is 17.2. The molecule has 0 radical (unpaired) electrons. The molecule has 0 aliphatic heterocycles. The van der Waals surface area contributed by atoms with Gasteiger partial charge in [0.2, 0.25) is 5.91 Å². The molecule has 0 saturated heterocycles. The maximum absolute atomic E-state index is 13.8. The third-order valence-electron chi connectivity index (χ3n) is 10.4. The largest absolute Gasteiger partial charge is 0.462 e. The van der Waals surface area contributed by atoms with Crippen LogP contribution in [-0.4, -0.2) is 35.5 Å². The Bertz CT molecular complexity index is 1000. The molecular formula is C30H45NO6. The first-order valence-corrected chi connectivity index (χ1v) is 14.2. The maximum atomic E-state index is 13.8. The van der Waals surface area contributed by atoms with Gasteiger partial charge >= 0.3 is 11.9 Å². The summed E-state index contributed by atoms with van der Waals surface area (Å²) in [7, 11) is 0. The summed E-state index contributed by atoms with van der Waals surface area (Å²) in [5, 5.41) is 2.60. The number of carbonyl (C=O) groups excluding carboxylic acids is 4. The summed E-state index contributed by atoms with van der Waals surface area (Å²) in [6.45, 7) is 13.0. The third kappa shape index (κ3) is 4.54. The van der Waals surface area contributed by atoms with Gasteiger partial charge in [-0.25, -0.2) is 0 Å². The van der Waals surface area contributed by atoms with Gasteiger partial charge < -0.3 is 9.47 Å². The van der Waals surface area contributed by atoms with E-state index in [9.17, 15) is 19.2 Å². The summed E-state index contributed by atoms with van der Waals surface area (Å²) in [5.74, 6) is -1.04. The van der Waals surface area contributed by atoms with Gasteiger partial charge in [0, 0.05) is 24.7 Å². The molecule has 0 aromatic heterocycles. The molecular weight excluding hydrogens is 470 g/mol. The molecule has 2 amide bonds. The molecule has 7 nitrogen and oxygen atoms in total. The van der Waals surface area contributed by atoms with Crippen molar-refractivity contribution in [2.75, 3.05) is 0 Å². The summed E-state index contributed by atoms with van der Waals surface area (Å²) in [5.41, 5.74) is -0.426. The molecule has 0 spiro atoms. The average Bonchev–Trinajstić information content (AvgIpc) is 3.11. The zero-order chi connectivity index (χ0) is 27.3. The number of esters is 2. The Morgan fingerprint density at radius 3 is 2.24 bits per heavy atom. The Hall–Kier alpha value is -2.18. The molecule has 4 rings (SSSR count). The van der Waals surface area contributed by atoms with Gasteiger partial charge in [-0.3, -0.25) is 24.5 Å². The second-order valence-corrected chi connectivity index (χ2v) is 13.1. The highest BCUT2D eigenvalue weighted by molar-refractivity contribution is 6.01. The van der Waals surface area contributed by atoms with Crippen molar-refractivity contribution < 1.29 is 28.7 Å². The molecule has 0 aromatic carbocycles. The molecule has 0 unspecified atom stereocenters. The van der Waals surface area contributed by atoms with Crippen molar-refractivity contribution >= 4 is 23.8 Å². The predicted molar refractivity (Wildman–Crippen MR) is 139 cm³/mol. The van der Waals surface area contributed by atoms with Gasteiger partial charge in [-0.15, -0.1) is 0 Å². The van der Waals surface area contributed by atoms with Crippen molar-refractivity contribution in [2.45, 2.75) is 112 Å². The lowest BCUT2D eigenvalue weighted by molar-refractivity contribution is -0.193. The van der Waals surface area contributed by atoms with Crippen LogP contribution < -0.4 is 5.32 Å². The molecule has 4 aliphatic rings. The Morgan fingerprint density at radius 1 is 0.946 bits per heavy atom. The van der Waals surface area contributed by atoms with Gasteiger partial charge in [0.1, 0.15) is 6.10 Å². The van der Waals surface area contributed by atoms with Crippen LogP contribution in [0.4, 0.5) is 0 Å². The molecule has 7 heteroatoms. The van der Waals surface area contributed by atoms with Gasteiger partial charge in [0.05, 0.1) is 5.92 Å². The third-order valence-corrected chi connectivity index (χ3v) is 10.4. The summed E-state index contributed by atoms with van der Waals surface area (Å²) in [6, 6.07) is 0. The number of hydrogen-bond donors (Lipinski definition) is 1. The number of amides is 2. The number of nitrogens with one attached hydrogen (secondary N) is 1. The van der Waals surface area contributed by atoms with Crippen molar-refractivity contribution in [3.63, 3.8) is 0 Å². The number of imide groups is 1. The van der Waals surface area contributed by atoms with E-state index in [2.05, 4.69) is 25.2 Å². The SMILES string of the molecule is CC(=O)O[C@H]1CC[C@@]2(C)C(=CC[C@@H]3[C@@H]2CC[C@@]2(C)[C@H]3CC[C@]2(OC(=O)C(C)C)C(=O)NC(=O)C(C)C)C1. The number of hydrogen-bond acceptors (Lipinski definition) is 6. The van der Waals surface area contributed by atoms with Crippen molar-refractivity contribution in [1.29, 1.82) is 0 Å². The van der Waals surface area contributed by atoms with E-state index in [-0.39, 0.29) is 41.1 Å². The average molecular weight is 516 g/mol. The van der Waals surface area contributed by atoms with Crippen LogP contribution in [0.2, 0.25) is 0 Å². The van der Waals surface area contributed by atoms with Gasteiger partial charge in [0.25, 0.3) is 5.91 Å². The minimum Gasteiger partial charge on any atom is -0.462 e. The van der Waals surface area contributed by atoms with E-state index in [0.29, 0.717) is 18.3 Å². The molecule has 4 aliphatic carbocycles. The van der Waals surface area contributed by atoms with E-state index in [1.54, 1.807) is 27.7 Å². The second kappa shape index (κ2) is 9.85. The highest BCUT2D eigenvalue weighted by Gasteiger charge is 2.69. The monoisotopic (exact) mass is 515 g/mol. The Balaban J connectivity index is 1.65. The van der Waals surface area contributed by atoms with Crippen molar-refractivity contribution in [3.8, 4) is 0 Å². The van der Waals surface area contributed by atoms with Crippen LogP contribution in [0.1, 0.15) is 99.8 Å². The topological polar surface area (TPSA) is 98.8 Å². The summed E-state index contributed by atoms with van der Waals surface area (Å²) in [4.78, 5) is 50.8. The van der Waals surface area contributed by atoms with Crippen LogP contribution in [0.25, 0.3) is 0 Å². The second-order valence-electron chi connectivity index (χ2n) is 13.1. The number of carbonyl (C=O) groups is 4. The van der Waals surface area contributed by atoms with E-state index < -0.39 is 22.9 Å². The molecule has 7 atom stereocenters. The zero-order valence-electron chi connectivity index (χ0n) is 23.6. The highest BCUT2D eigenvalue weighted by Crippen LogP contribution is 2.68. The van der Waals surface area contributed by atoms with Crippen molar-refractivity contribution in [1.82, 2.24) is 5.32 Å². The minimum atomic E-state index is -1.34. The standard InChI is InChI=1S/C30H45NO6/c1-17(2)25(33)31-27(35)30(37-26(34)18(3)4)15-12-24-22-9-8-20-16-21(36-19(5)32)10-13-28(20,6)23(22)11-14-29(24,30)7/h8,17-18,21-24H,9-16H2,1-7H3,(H,31,33,35)/t21-,22+,23-,24-,28-,29-,30-/m0/s1. The number of rotatable bonds is 5. The molecule has 3 saturated carbocycles. The molecule has 3 fully saturated rings. The van der Waals surface area contributed by atoms with Gasteiger partial charge in [-0.1, -0.05) is 53.2 Å². The summed E-state index contributed by atoms with van der Waals surface area (Å²) < 4.78 is 11.7. The van der Waals surface area contributed by atoms with E-state index in [1.165, 1.54) is 12.5 Å². The van der Waals surface area contributed by atoms with Gasteiger partial charge in [-0.05, 0) is 68.1 Å². The number of fused-ring (bicyclic) bond motifs is 5. The quantitative estimate of drug-likeness (QED) is 0.403. The predicted octanol–water partition coefficient (Wildman–Crippen LogP) is 5.12. The van der Waals surface area contributed by atoms with Crippen LogP contribution in [0.15, 0.2) is 11.6 Å². The maximum Gasteiger partial charge on any atom is 0.309 e. The van der Waals surface area contributed by atoms with Crippen LogP contribution >= 0.6 is 0 Å². The Kier molecular flexibility index (Phi) is 7.41. The fourth-order valence-corrected chi connectivity index (χ4v) is 8.19. The first-order valence-electron chi connectivity index (χ1n) is 14.2. The van der Waals surface area contributed by atoms with Gasteiger partial charge in [0.15, 0.2) is 5.60 Å². The van der Waals surface area contributed by atoms with E-state index in [4.69, 9.17) is 9.47 Å². The van der Waals surface area contributed by atoms with Gasteiger partial charge in [-0.2, -0.15) is 0 Å². The summed E-state index contributed by atoms with van der Waals surface area (Å²) >= 11 is 0. The Morgan fingerprint density at radius 2 is 1.62 bits per heavy atom. The Labute approximate surface area is 221 Å². The minimum absolute atomic E-state index is 0.0426. The van der Waals surface area contributed by atoms with E-state index in [1.807, 2.05) is 0 Å². The summed E-state index contributed by atoms with van der Waals surface area (Å²) in [6.07, 6.45) is 8.84. The fourth-order valence-electron chi connectivity index (χ4n) is 8.19. The zero-order valence-corrected chi connectivity index (χ0v) is 23.6. The van der Waals surface area contributed by atoms with Crippen LogP contribution in [0.5, 0.6) is 0 Å². The first kappa shape index (κ1) is 27.8. The van der Waals surface area contributed by atoms with Crippen molar-refractivity contribution in [2.24, 2.45) is 40.4 Å².